The Morgan fingerprint density at radius 1 is 0.804 bits per heavy atom. The van der Waals surface area contributed by atoms with Crippen molar-refractivity contribution in [3.8, 4) is 17.6 Å². The average Bonchev–Trinajstić information content (AvgIpc) is 3.04. The minimum Gasteiger partial charge on any atom is -1.00 e. The van der Waals surface area contributed by atoms with E-state index in [2.05, 4.69) is 18.2 Å². The second kappa shape index (κ2) is 15.8. The van der Waals surface area contributed by atoms with Gasteiger partial charge in [-0.1, -0.05) is 60.7 Å². The molecule has 0 radical (unpaired) electrons. The summed E-state index contributed by atoms with van der Waals surface area (Å²) < 4.78 is 65.9. The monoisotopic (exact) mass is 650 g/mol. The van der Waals surface area contributed by atoms with Crippen molar-refractivity contribution in [2.24, 2.45) is 0 Å². The number of hydrogen-bond acceptors (Lipinski definition) is 6. The van der Waals surface area contributed by atoms with E-state index in [1.54, 1.807) is 36.4 Å². The van der Waals surface area contributed by atoms with E-state index in [9.17, 15) is 22.0 Å². The Morgan fingerprint density at radius 2 is 1.59 bits per heavy atom. The van der Waals surface area contributed by atoms with Gasteiger partial charge in [0.1, 0.15) is 18.1 Å². The molecule has 0 heterocycles. The van der Waals surface area contributed by atoms with Crippen LogP contribution >= 0.6 is 0 Å². The summed E-state index contributed by atoms with van der Waals surface area (Å²) in [7, 11) is -4.39. The van der Waals surface area contributed by atoms with Gasteiger partial charge in [-0.15, -0.1) is 0 Å². The van der Waals surface area contributed by atoms with Crippen LogP contribution in [0.15, 0.2) is 108 Å². The molecule has 5 aromatic carbocycles. The van der Waals surface area contributed by atoms with Crippen molar-refractivity contribution in [1.82, 2.24) is 4.72 Å². The number of halogens is 2. The summed E-state index contributed by atoms with van der Waals surface area (Å²) in [5, 5.41) is 11.4. The summed E-state index contributed by atoms with van der Waals surface area (Å²) in [4.78, 5) is 12.1. The van der Waals surface area contributed by atoms with Gasteiger partial charge in [0.15, 0.2) is 11.6 Å². The number of fused-ring (bicyclic) bond motifs is 1. The van der Waals surface area contributed by atoms with Crippen LogP contribution in [-0.4, -0.2) is 20.9 Å². The zero-order valence-electron chi connectivity index (χ0n) is 26.0. The predicted octanol–water partition coefficient (Wildman–Crippen LogP) is 3.74. The zero-order chi connectivity index (χ0) is 31.8. The Hall–Kier alpha value is -4.27. The third-order valence-electron chi connectivity index (χ3n) is 7.03. The van der Waals surface area contributed by atoms with Gasteiger partial charge >= 0.3 is 29.6 Å². The van der Waals surface area contributed by atoms with Crippen molar-refractivity contribution >= 4 is 26.7 Å². The van der Waals surface area contributed by atoms with Crippen molar-refractivity contribution in [2.45, 2.75) is 30.8 Å². The van der Waals surface area contributed by atoms with Crippen molar-refractivity contribution in [3.63, 3.8) is 0 Å². The number of sulfonamides is 1. The van der Waals surface area contributed by atoms with E-state index in [0.717, 1.165) is 28.0 Å². The fraction of sp³-hybridized carbons (Fsp3) is 0.143. The van der Waals surface area contributed by atoms with Crippen molar-refractivity contribution in [3.05, 3.63) is 137 Å². The van der Waals surface area contributed by atoms with Crippen molar-refractivity contribution in [1.29, 1.82) is 5.26 Å². The van der Waals surface area contributed by atoms with Crippen LogP contribution in [0.1, 0.15) is 30.1 Å². The first-order chi connectivity index (χ1) is 21.7. The zero-order valence-corrected chi connectivity index (χ0v) is 27.8. The van der Waals surface area contributed by atoms with E-state index in [4.69, 9.17) is 14.7 Å². The number of amides is 1. The molecule has 5 aromatic rings. The quantitative estimate of drug-likeness (QED) is 0.207. The minimum absolute atomic E-state index is 0. The van der Waals surface area contributed by atoms with Crippen molar-refractivity contribution in [2.75, 3.05) is 6.61 Å². The van der Waals surface area contributed by atoms with Crippen LogP contribution in [0.3, 0.4) is 0 Å². The molecule has 1 N–H and O–H groups in total. The number of rotatable bonds is 12. The number of benzene rings is 5. The molecule has 7 nitrogen and oxygen atoms in total. The summed E-state index contributed by atoms with van der Waals surface area (Å²) in [5.74, 6) is -2.29. The second-order valence-electron chi connectivity index (χ2n) is 10.3. The molecule has 0 unspecified atom stereocenters. The Kier molecular flexibility index (Phi) is 11.9. The molecule has 46 heavy (non-hydrogen) atoms. The predicted molar refractivity (Wildman–Crippen MR) is 166 cm³/mol. The van der Waals surface area contributed by atoms with Crippen molar-refractivity contribution < 1.29 is 62.5 Å². The maximum absolute atomic E-state index is 13.6. The van der Waals surface area contributed by atoms with E-state index in [1.807, 2.05) is 41.1 Å². The Balaban J connectivity index is 0.00000300. The number of carbonyl (C=O) groups excluding carboxylic acids is 1. The van der Waals surface area contributed by atoms with Crippen LogP contribution in [0.4, 0.5) is 8.78 Å². The average molecular weight is 651 g/mol. The molecule has 0 fully saturated rings. The molecule has 0 saturated heterocycles. The molecule has 5 rings (SSSR count). The van der Waals surface area contributed by atoms with Gasteiger partial charge in [0.2, 0.25) is 5.91 Å². The molecule has 1 amide bonds. The van der Waals surface area contributed by atoms with Gasteiger partial charge in [0, 0.05) is 12.8 Å². The smallest absolute Gasteiger partial charge is 1.00 e. The van der Waals surface area contributed by atoms with Gasteiger partial charge < -0.3 is 10.9 Å². The first kappa shape index (κ1) is 34.6. The van der Waals surface area contributed by atoms with E-state index >= 15 is 0 Å². The molecule has 0 aliphatic rings. The number of nitrogens with one attached hydrogen (secondary N) is 1. The van der Waals surface area contributed by atoms with Crippen LogP contribution in [0.25, 0.3) is 10.8 Å². The summed E-state index contributed by atoms with van der Waals surface area (Å²) in [6.07, 6.45) is 0.565. The Bertz CT molecular complexity index is 2020. The maximum Gasteiger partial charge on any atom is 1.00 e. The van der Waals surface area contributed by atoms with Gasteiger partial charge in [-0.3, -0.25) is 4.79 Å². The Morgan fingerprint density at radius 3 is 2.37 bits per heavy atom. The topological polar surface area (TPSA) is 105 Å². The molecule has 0 atom stereocenters. The fourth-order valence-electron chi connectivity index (χ4n) is 4.68. The number of ether oxygens (including phenoxy) is 2. The molecule has 0 aromatic heterocycles. The first-order valence-corrected chi connectivity index (χ1v) is 15.5. The van der Waals surface area contributed by atoms with E-state index in [1.165, 1.54) is 0 Å². The molecule has 0 saturated carbocycles. The van der Waals surface area contributed by atoms with E-state index in [0.29, 0.717) is 47.8 Å². The molecule has 0 spiro atoms. The number of aryl methyl sites for hydroxylation is 1. The molecule has 230 valence electrons. The SMILES string of the molecule is N#Cc1cccc(OCc2ccc(CCC(=O)NS(=O)(=O)c3ccc(F)c(F)c3)c(OCCc3ccc4ccccc4c3)c2)c1.[H-].[Na+]. The third kappa shape index (κ3) is 9.14. The third-order valence-corrected chi connectivity index (χ3v) is 8.40. The first-order valence-electron chi connectivity index (χ1n) is 14.1. The molecular formula is C35H29F2N2NaO5S. The van der Waals surface area contributed by atoms with Gasteiger partial charge in [-0.25, -0.2) is 21.9 Å². The molecule has 0 bridgehead atoms. The maximum atomic E-state index is 13.6. The number of nitriles is 1. The van der Waals surface area contributed by atoms with Crippen LogP contribution in [-0.2, 0) is 34.3 Å². The normalized spacial score (nSPS) is 10.9. The molecule has 0 aliphatic carbocycles. The minimum atomic E-state index is -4.39. The van der Waals surface area contributed by atoms with E-state index < -0.39 is 32.5 Å². The van der Waals surface area contributed by atoms with Crippen LogP contribution in [0, 0.1) is 23.0 Å². The Labute approximate surface area is 289 Å². The summed E-state index contributed by atoms with van der Waals surface area (Å²) in [6.45, 7) is 0.541. The van der Waals surface area contributed by atoms with E-state index in [-0.39, 0.29) is 50.4 Å². The number of nitrogens with zero attached hydrogens (tertiary/aromatic N) is 1. The fourth-order valence-corrected chi connectivity index (χ4v) is 5.70. The standard InChI is InChI=1S/C35H28F2N2O5S.Na.H/c36-32-14-13-31(21-33(32)37)45(41,42)39-35(40)15-12-28-11-9-26(23-44-30-7-3-4-25(19-30)22-38)20-34(28)43-17-16-24-8-10-27-5-1-2-6-29(27)18-24;;/h1-11,13-14,18-21H,12,15-17,23H2,(H,39,40);;/q;+1;-1. The molecular weight excluding hydrogens is 621 g/mol. The summed E-state index contributed by atoms with van der Waals surface area (Å²) >= 11 is 0. The van der Waals surface area contributed by atoms with Crippen LogP contribution in [0.2, 0.25) is 0 Å². The molecule has 0 aliphatic heterocycles. The number of carbonyl (C=O) groups is 1. The van der Waals surface area contributed by atoms with Gasteiger partial charge in [-0.05, 0) is 76.3 Å². The van der Waals surface area contributed by atoms with Gasteiger partial charge in [-0.2, -0.15) is 5.26 Å². The van der Waals surface area contributed by atoms with Crippen LogP contribution in [0.5, 0.6) is 11.5 Å². The largest absolute Gasteiger partial charge is 1.00 e. The number of hydrogen-bond donors (Lipinski definition) is 1. The van der Waals surface area contributed by atoms with Crippen LogP contribution < -0.4 is 43.8 Å². The van der Waals surface area contributed by atoms with Gasteiger partial charge in [0.25, 0.3) is 10.0 Å². The summed E-state index contributed by atoms with van der Waals surface area (Å²) in [5.41, 5.74) is 3.02. The van der Waals surface area contributed by atoms with Gasteiger partial charge in [0.05, 0.1) is 23.1 Å². The summed E-state index contributed by atoms with van der Waals surface area (Å²) in [6, 6.07) is 30.7. The second-order valence-corrected chi connectivity index (χ2v) is 11.9. The molecule has 11 heteroatoms.